The number of hydrogen-bond acceptors (Lipinski definition) is 1. The molecule has 0 aliphatic carbocycles. The van der Waals surface area contributed by atoms with Gasteiger partial charge in [-0.1, -0.05) is 11.6 Å². The Morgan fingerprint density at radius 2 is 2.43 bits per heavy atom. The van der Waals surface area contributed by atoms with Crippen molar-refractivity contribution in [2.45, 2.75) is 6.92 Å². The van der Waals surface area contributed by atoms with E-state index in [4.69, 9.17) is 16.7 Å². The molecule has 42 valence electrons. The predicted molar refractivity (Wildman–Crippen MR) is 31.6 cm³/mol. The maximum absolute atomic E-state index is 8.34. The summed E-state index contributed by atoms with van der Waals surface area (Å²) < 4.78 is 0. The Hall–Kier alpha value is -0.0100. The van der Waals surface area contributed by atoms with E-state index in [1.165, 1.54) is 0 Å². The third kappa shape index (κ3) is 3.83. The SMILES string of the molecule is C/C(=C/CCl)CO. The van der Waals surface area contributed by atoms with Crippen LogP contribution in [-0.2, 0) is 0 Å². The smallest absolute Gasteiger partial charge is 0.0639 e. The molecule has 0 unspecified atom stereocenters. The number of aliphatic hydroxyl groups is 1. The first-order chi connectivity index (χ1) is 3.31. The second-order valence-corrected chi connectivity index (χ2v) is 1.67. The number of aliphatic hydroxyl groups excluding tert-OH is 1. The van der Waals surface area contributed by atoms with E-state index in [-0.39, 0.29) is 6.61 Å². The number of halogens is 1. The van der Waals surface area contributed by atoms with E-state index in [0.29, 0.717) is 5.88 Å². The van der Waals surface area contributed by atoms with Gasteiger partial charge in [-0.05, 0) is 6.92 Å². The van der Waals surface area contributed by atoms with Crippen LogP contribution in [-0.4, -0.2) is 17.6 Å². The zero-order valence-electron chi connectivity index (χ0n) is 4.32. The topological polar surface area (TPSA) is 20.2 Å². The van der Waals surface area contributed by atoms with Crippen molar-refractivity contribution in [1.82, 2.24) is 0 Å². The van der Waals surface area contributed by atoms with Crippen molar-refractivity contribution < 1.29 is 5.11 Å². The monoisotopic (exact) mass is 120 g/mol. The highest BCUT2D eigenvalue weighted by atomic mass is 35.5. The van der Waals surface area contributed by atoms with Crippen LogP contribution in [0.4, 0.5) is 0 Å². The molecule has 0 saturated carbocycles. The van der Waals surface area contributed by atoms with Gasteiger partial charge in [0.1, 0.15) is 0 Å². The van der Waals surface area contributed by atoms with Gasteiger partial charge in [-0.3, -0.25) is 0 Å². The lowest BCUT2D eigenvalue weighted by Crippen LogP contribution is -1.82. The van der Waals surface area contributed by atoms with Crippen LogP contribution in [0.2, 0.25) is 0 Å². The molecule has 0 saturated heterocycles. The Kier molecular flexibility index (Phi) is 4.15. The van der Waals surface area contributed by atoms with Crippen LogP contribution in [0.3, 0.4) is 0 Å². The van der Waals surface area contributed by atoms with E-state index in [9.17, 15) is 0 Å². The molecule has 0 heterocycles. The van der Waals surface area contributed by atoms with E-state index in [1.807, 2.05) is 6.92 Å². The number of rotatable bonds is 2. The van der Waals surface area contributed by atoms with E-state index < -0.39 is 0 Å². The van der Waals surface area contributed by atoms with Crippen molar-refractivity contribution in [2.75, 3.05) is 12.5 Å². The number of hydrogen-bond donors (Lipinski definition) is 1. The van der Waals surface area contributed by atoms with Gasteiger partial charge in [0.25, 0.3) is 0 Å². The lowest BCUT2D eigenvalue weighted by molar-refractivity contribution is 0.331. The van der Waals surface area contributed by atoms with Crippen LogP contribution in [0.25, 0.3) is 0 Å². The van der Waals surface area contributed by atoms with Crippen molar-refractivity contribution in [3.8, 4) is 0 Å². The first-order valence-electron chi connectivity index (χ1n) is 2.13. The van der Waals surface area contributed by atoms with E-state index in [1.54, 1.807) is 6.08 Å². The quantitative estimate of drug-likeness (QED) is 0.429. The highest BCUT2D eigenvalue weighted by molar-refractivity contribution is 6.18. The molecule has 1 nitrogen and oxygen atoms in total. The van der Waals surface area contributed by atoms with Crippen LogP contribution in [0.5, 0.6) is 0 Å². The number of allylic oxidation sites excluding steroid dienone is 1. The first-order valence-corrected chi connectivity index (χ1v) is 2.67. The molecule has 7 heavy (non-hydrogen) atoms. The predicted octanol–water partition coefficient (Wildman–Crippen LogP) is 1.16. The molecule has 0 amide bonds. The average Bonchev–Trinajstić information content (AvgIpc) is 1.68. The summed E-state index contributed by atoms with van der Waals surface area (Å²) in [6.45, 7) is 1.95. The molecule has 0 aliphatic heterocycles. The summed E-state index contributed by atoms with van der Waals surface area (Å²) in [5, 5.41) is 8.34. The maximum Gasteiger partial charge on any atom is 0.0639 e. The van der Waals surface area contributed by atoms with Crippen molar-refractivity contribution in [1.29, 1.82) is 0 Å². The molecule has 2 heteroatoms. The van der Waals surface area contributed by atoms with Gasteiger partial charge < -0.3 is 5.11 Å². The highest BCUT2D eigenvalue weighted by Gasteiger charge is 1.78. The minimum atomic E-state index is 0.118. The molecule has 0 aromatic heterocycles. The lowest BCUT2D eigenvalue weighted by Gasteiger charge is -1.87. The molecule has 0 rings (SSSR count). The fourth-order valence-corrected chi connectivity index (χ4v) is 0.460. The largest absolute Gasteiger partial charge is 0.392 e. The van der Waals surface area contributed by atoms with Gasteiger partial charge in [-0.25, -0.2) is 0 Å². The van der Waals surface area contributed by atoms with Crippen LogP contribution in [0, 0.1) is 0 Å². The van der Waals surface area contributed by atoms with Gasteiger partial charge in [0, 0.05) is 5.88 Å². The minimum absolute atomic E-state index is 0.118. The highest BCUT2D eigenvalue weighted by Crippen LogP contribution is 1.89. The standard InChI is InChI=1S/C5H9ClO/c1-5(4-7)2-3-6/h2,7H,3-4H2,1H3/b5-2-. The van der Waals surface area contributed by atoms with Crippen molar-refractivity contribution in [2.24, 2.45) is 0 Å². The third-order valence-corrected chi connectivity index (χ3v) is 0.829. The molecule has 0 radical (unpaired) electrons. The van der Waals surface area contributed by atoms with Gasteiger partial charge in [-0.2, -0.15) is 0 Å². The van der Waals surface area contributed by atoms with Gasteiger partial charge in [0.05, 0.1) is 6.61 Å². The zero-order chi connectivity index (χ0) is 5.70. The molecule has 1 N–H and O–H groups in total. The van der Waals surface area contributed by atoms with Crippen molar-refractivity contribution in [3.05, 3.63) is 11.6 Å². The Labute approximate surface area is 48.6 Å². The summed E-state index contributed by atoms with van der Waals surface area (Å²) in [6, 6.07) is 0. The number of alkyl halides is 1. The maximum atomic E-state index is 8.34. The third-order valence-electron chi connectivity index (χ3n) is 0.675. The molecule has 0 bridgehead atoms. The average molecular weight is 121 g/mol. The van der Waals surface area contributed by atoms with Crippen molar-refractivity contribution >= 4 is 11.6 Å². The van der Waals surface area contributed by atoms with Crippen LogP contribution in [0.15, 0.2) is 11.6 Å². The van der Waals surface area contributed by atoms with Crippen LogP contribution >= 0.6 is 11.6 Å². The Balaban J connectivity index is 3.29. The summed E-state index contributed by atoms with van der Waals surface area (Å²) in [5.74, 6) is 0.492. The molecule has 0 atom stereocenters. The molecule has 0 fully saturated rings. The first kappa shape index (κ1) is 6.99. The van der Waals surface area contributed by atoms with E-state index in [0.717, 1.165) is 5.57 Å². The molecule has 0 aliphatic rings. The van der Waals surface area contributed by atoms with Gasteiger partial charge in [0.2, 0.25) is 0 Å². The normalized spacial score (nSPS) is 12.1. The van der Waals surface area contributed by atoms with Crippen LogP contribution in [0.1, 0.15) is 6.92 Å². The Morgan fingerprint density at radius 1 is 1.86 bits per heavy atom. The molecular formula is C5H9ClO. The van der Waals surface area contributed by atoms with Gasteiger partial charge >= 0.3 is 0 Å². The molecular weight excluding hydrogens is 112 g/mol. The molecule has 0 aromatic carbocycles. The summed E-state index contributed by atoms with van der Waals surface area (Å²) in [6.07, 6.45) is 1.78. The van der Waals surface area contributed by atoms with Crippen LogP contribution < -0.4 is 0 Å². The Morgan fingerprint density at radius 3 is 2.57 bits per heavy atom. The van der Waals surface area contributed by atoms with Crippen molar-refractivity contribution in [3.63, 3.8) is 0 Å². The van der Waals surface area contributed by atoms with E-state index >= 15 is 0 Å². The summed E-state index contributed by atoms with van der Waals surface area (Å²) in [7, 11) is 0. The van der Waals surface area contributed by atoms with E-state index in [2.05, 4.69) is 0 Å². The zero-order valence-corrected chi connectivity index (χ0v) is 5.07. The van der Waals surface area contributed by atoms with Gasteiger partial charge in [-0.15, -0.1) is 11.6 Å². The summed E-state index contributed by atoms with van der Waals surface area (Å²) in [5.41, 5.74) is 0.926. The van der Waals surface area contributed by atoms with Gasteiger partial charge in [0.15, 0.2) is 0 Å². The lowest BCUT2D eigenvalue weighted by atomic mass is 10.3. The summed E-state index contributed by atoms with van der Waals surface area (Å²) in [4.78, 5) is 0. The fraction of sp³-hybridized carbons (Fsp3) is 0.600. The second kappa shape index (κ2) is 4.16. The fourth-order valence-electron chi connectivity index (χ4n) is 0.196. The molecule has 0 spiro atoms. The minimum Gasteiger partial charge on any atom is -0.392 e. The Bertz CT molecular complexity index is 68.5. The molecule has 0 aromatic rings. The second-order valence-electron chi connectivity index (χ2n) is 1.36. The summed E-state index contributed by atoms with van der Waals surface area (Å²) >= 11 is 5.29.